The molecule has 2 aromatic carbocycles. The van der Waals surface area contributed by atoms with Crippen LogP contribution < -0.4 is 20.3 Å². The van der Waals surface area contributed by atoms with E-state index < -0.39 is 27.7 Å². The molecule has 0 saturated heterocycles. The maximum Gasteiger partial charge on any atom is 0.269 e. The summed E-state index contributed by atoms with van der Waals surface area (Å²) in [4.78, 5) is 23.5. The number of sulfonamides is 1. The quantitative estimate of drug-likeness (QED) is 0.605. The smallest absolute Gasteiger partial charge is 0.269 e. The zero-order valence-electron chi connectivity index (χ0n) is 14.4. The van der Waals surface area contributed by atoms with Crippen LogP contribution in [0.1, 0.15) is 16.8 Å². The SMILES string of the molecule is COc1ccc(S(=O)(=O)NCCC(=O)NNC(=O)c2ccc(F)cc2)cc1. The molecule has 144 valence electrons. The lowest BCUT2D eigenvalue weighted by molar-refractivity contribution is -0.121. The molecule has 0 saturated carbocycles. The number of methoxy groups -OCH3 is 1. The van der Waals surface area contributed by atoms with Crippen molar-refractivity contribution in [1.82, 2.24) is 15.6 Å². The summed E-state index contributed by atoms with van der Waals surface area (Å²) in [5.41, 5.74) is 4.47. The van der Waals surface area contributed by atoms with Gasteiger partial charge in [-0.1, -0.05) is 0 Å². The lowest BCUT2D eigenvalue weighted by Gasteiger charge is -2.09. The molecule has 3 N–H and O–H groups in total. The molecule has 27 heavy (non-hydrogen) atoms. The summed E-state index contributed by atoms with van der Waals surface area (Å²) in [5, 5.41) is 0. The fraction of sp³-hybridized carbons (Fsp3) is 0.176. The van der Waals surface area contributed by atoms with E-state index in [0.29, 0.717) is 5.75 Å². The number of hydrogen-bond acceptors (Lipinski definition) is 5. The van der Waals surface area contributed by atoms with E-state index in [4.69, 9.17) is 4.74 Å². The Morgan fingerprint density at radius 3 is 2.22 bits per heavy atom. The molecule has 0 fully saturated rings. The van der Waals surface area contributed by atoms with Crippen LogP contribution in [-0.4, -0.2) is 33.9 Å². The van der Waals surface area contributed by atoms with Gasteiger partial charge in [0.1, 0.15) is 11.6 Å². The minimum absolute atomic E-state index is 0.0355. The van der Waals surface area contributed by atoms with E-state index in [9.17, 15) is 22.4 Å². The highest BCUT2D eigenvalue weighted by Crippen LogP contribution is 2.15. The van der Waals surface area contributed by atoms with Gasteiger partial charge in [0.15, 0.2) is 0 Å². The van der Waals surface area contributed by atoms with Crippen molar-refractivity contribution >= 4 is 21.8 Å². The molecule has 0 spiro atoms. The number of amides is 2. The second kappa shape index (κ2) is 9.10. The van der Waals surface area contributed by atoms with Gasteiger partial charge in [0.05, 0.1) is 12.0 Å². The average Bonchev–Trinajstić information content (AvgIpc) is 2.66. The van der Waals surface area contributed by atoms with Crippen LogP contribution in [0, 0.1) is 5.82 Å². The molecule has 2 amide bonds. The van der Waals surface area contributed by atoms with Crippen molar-refractivity contribution in [1.29, 1.82) is 0 Å². The molecule has 0 aliphatic heterocycles. The van der Waals surface area contributed by atoms with Crippen LogP contribution in [0.3, 0.4) is 0 Å². The molecule has 0 heterocycles. The van der Waals surface area contributed by atoms with E-state index in [1.165, 1.54) is 43.5 Å². The van der Waals surface area contributed by atoms with Gasteiger partial charge in [-0.25, -0.2) is 17.5 Å². The molecule has 10 heteroatoms. The highest BCUT2D eigenvalue weighted by molar-refractivity contribution is 7.89. The van der Waals surface area contributed by atoms with Crippen LogP contribution in [0.15, 0.2) is 53.4 Å². The van der Waals surface area contributed by atoms with Crippen molar-refractivity contribution in [2.24, 2.45) is 0 Å². The van der Waals surface area contributed by atoms with Crippen molar-refractivity contribution < 1.29 is 27.1 Å². The fourth-order valence-corrected chi connectivity index (χ4v) is 3.03. The number of hydrogen-bond donors (Lipinski definition) is 3. The topological polar surface area (TPSA) is 114 Å². The molecule has 0 bridgehead atoms. The molecule has 0 atom stereocenters. The minimum Gasteiger partial charge on any atom is -0.497 e. The van der Waals surface area contributed by atoms with E-state index in [1.807, 2.05) is 0 Å². The number of carbonyl (C=O) groups is 2. The predicted molar refractivity (Wildman–Crippen MR) is 94.8 cm³/mol. The Morgan fingerprint density at radius 2 is 1.63 bits per heavy atom. The van der Waals surface area contributed by atoms with Crippen molar-refractivity contribution in [3.05, 3.63) is 59.9 Å². The third-order valence-corrected chi connectivity index (χ3v) is 4.91. The first-order valence-corrected chi connectivity index (χ1v) is 9.28. The predicted octanol–water partition coefficient (Wildman–Crippen LogP) is 0.964. The second-order valence-electron chi connectivity index (χ2n) is 5.33. The number of ether oxygens (including phenoxy) is 1. The van der Waals surface area contributed by atoms with Crippen molar-refractivity contribution in [3.8, 4) is 5.75 Å². The Kier molecular flexibility index (Phi) is 6.85. The Labute approximate surface area is 155 Å². The highest BCUT2D eigenvalue weighted by atomic mass is 32.2. The summed E-state index contributed by atoms with van der Waals surface area (Å²) in [5.74, 6) is -1.19. The molecule has 0 radical (unpaired) electrons. The van der Waals surface area contributed by atoms with Crippen molar-refractivity contribution in [2.75, 3.05) is 13.7 Å². The van der Waals surface area contributed by atoms with Crippen molar-refractivity contribution in [3.63, 3.8) is 0 Å². The fourth-order valence-electron chi connectivity index (χ4n) is 2.00. The molecule has 2 aromatic rings. The molecule has 2 rings (SSSR count). The molecular weight excluding hydrogens is 377 g/mol. The van der Waals surface area contributed by atoms with Gasteiger partial charge in [-0.05, 0) is 48.5 Å². The van der Waals surface area contributed by atoms with Crippen LogP contribution in [0.25, 0.3) is 0 Å². The summed E-state index contributed by atoms with van der Waals surface area (Å²) < 4.78 is 44.3. The van der Waals surface area contributed by atoms with Gasteiger partial charge in [-0.2, -0.15) is 0 Å². The lowest BCUT2D eigenvalue weighted by Crippen LogP contribution is -2.42. The van der Waals surface area contributed by atoms with Crippen LogP contribution in [-0.2, 0) is 14.8 Å². The Morgan fingerprint density at radius 1 is 1.00 bits per heavy atom. The van der Waals surface area contributed by atoms with Gasteiger partial charge in [0.25, 0.3) is 5.91 Å². The van der Waals surface area contributed by atoms with E-state index >= 15 is 0 Å². The van der Waals surface area contributed by atoms with E-state index in [0.717, 1.165) is 12.1 Å². The summed E-state index contributed by atoms with van der Waals surface area (Å²) >= 11 is 0. The average molecular weight is 395 g/mol. The monoisotopic (exact) mass is 395 g/mol. The molecular formula is C17H18FN3O5S. The van der Waals surface area contributed by atoms with Gasteiger partial charge in [0, 0.05) is 18.5 Å². The Hall–Kier alpha value is -2.98. The number of hydrazine groups is 1. The Balaban J connectivity index is 1.77. The number of carbonyl (C=O) groups excluding carboxylic acids is 2. The van der Waals surface area contributed by atoms with E-state index in [2.05, 4.69) is 15.6 Å². The summed E-state index contributed by atoms with van der Waals surface area (Å²) in [6.45, 7) is -0.160. The van der Waals surface area contributed by atoms with Crippen LogP contribution in [0.2, 0.25) is 0 Å². The molecule has 0 aliphatic rings. The summed E-state index contributed by atoms with van der Waals surface area (Å²) in [6, 6.07) is 10.5. The first-order chi connectivity index (χ1) is 12.8. The lowest BCUT2D eigenvalue weighted by atomic mass is 10.2. The van der Waals surface area contributed by atoms with Gasteiger partial charge in [-0.15, -0.1) is 0 Å². The number of rotatable bonds is 7. The molecule has 0 aliphatic carbocycles. The minimum atomic E-state index is -3.77. The zero-order valence-corrected chi connectivity index (χ0v) is 15.2. The van der Waals surface area contributed by atoms with E-state index in [-0.39, 0.29) is 23.4 Å². The Bertz CT molecular complexity index is 899. The largest absolute Gasteiger partial charge is 0.497 e. The standard InChI is InChI=1S/C17H18FN3O5S/c1-26-14-6-8-15(9-7-14)27(24,25)19-11-10-16(22)20-21-17(23)12-2-4-13(18)5-3-12/h2-9,19H,10-11H2,1H3,(H,20,22)(H,21,23). The highest BCUT2D eigenvalue weighted by Gasteiger charge is 2.14. The number of benzene rings is 2. The molecule has 0 aromatic heterocycles. The van der Waals surface area contributed by atoms with E-state index in [1.54, 1.807) is 0 Å². The molecule has 8 nitrogen and oxygen atoms in total. The first-order valence-electron chi connectivity index (χ1n) is 7.80. The van der Waals surface area contributed by atoms with Gasteiger partial charge < -0.3 is 4.74 Å². The van der Waals surface area contributed by atoms with Crippen LogP contribution >= 0.6 is 0 Å². The molecule has 0 unspecified atom stereocenters. The zero-order chi connectivity index (χ0) is 19.9. The van der Waals surface area contributed by atoms with Crippen LogP contribution in [0.4, 0.5) is 4.39 Å². The summed E-state index contributed by atoms with van der Waals surface area (Å²) in [6.07, 6.45) is -0.195. The van der Waals surface area contributed by atoms with Gasteiger partial charge in [0.2, 0.25) is 15.9 Å². The van der Waals surface area contributed by atoms with Crippen molar-refractivity contribution in [2.45, 2.75) is 11.3 Å². The first kappa shape index (κ1) is 20.3. The third-order valence-electron chi connectivity index (χ3n) is 3.44. The summed E-state index contributed by atoms with van der Waals surface area (Å²) in [7, 11) is -2.30. The van der Waals surface area contributed by atoms with Crippen LogP contribution in [0.5, 0.6) is 5.75 Å². The second-order valence-corrected chi connectivity index (χ2v) is 7.10. The number of nitrogens with one attached hydrogen (secondary N) is 3. The maximum absolute atomic E-state index is 12.8. The van der Waals surface area contributed by atoms with Gasteiger partial charge >= 0.3 is 0 Å². The normalized spacial score (nSPS) is 10.9. The number of halogens is 1. The van der Waals surface area contributed by atoms with Gasteiger partial charge in [-0.3, -0.25) is 20.4 Å². The third kappa shape index (κ3) is 6.04. The maximum atomic E-state index is 12.8.